The number of nitrogens with one attached hydrogen (secondary N) is 8. The quantitative estimate of drug-likeness (QED) is 0.0132. The van der Waals surface area contributed by atoms with E-state index in [1.165, 1.54) is 35.3 Å². The molecule has 0 aliphatic rings. The molecule has 19 nitrogen and oxygen atoms in total. The SMILES string of the molecule is CC(C)(C)OC(=O)CNC(=O)[C@H](Cc1ccccc1)NC(=O)[C@H](CSC(c1ccccc1)(c1ccccc1)c1ccccc1)NC(=O)CNC(=O)[C@H](Cc1ccccc1)NC(=O)CNC(=O)[C@H](CSC(c1ccccc1)c1ccccc1)NC(=O)[C@H](CSC(c1ccccc1)(c1ccccc1)c1ccccc1)NC(=O)OCc1ccccc1. The fourth-order valence-corrected chi connectivity index (χ4v) is 18.1. The molecular weight excluding hydrogens is 1540 g/mol. The van der Waals surface area contributed by atoms with Gasteiger partial charge in [-0.05, 0) is 82.0 Å². The summed E-state index contributed by atoms with van der Waals surface area (Å²) in [5.74, 6) is -6.25. The van der Waals surface area contributed by atoms with E-state index >= 15 is 14.4 Å². The van der Waals surface area contributed by atoms with Crippen molar-refractivity contribution in [1.29, 1.82) is 0 Å². The van der Waals surface area contributed by atoms with Crippen LogP contribution in [0.15, 0.2) is 334 Å². The van der Waals surface area contributed by atoms with Crippen LogP contribution < -0.4 is 42.5 Å². The molecule has 8 N–H and O–H groups in total. The van der Waals surface area contributed by atoms with E-state index in [1.54, 1.807) is 75.4 Å². The lowest BCUT2D eigenvalue weighted by Crippen LogP contribution is -2.58. The van der Waals surface area contributed by atoms with Crippen LogP contribution in [0.5, 0.6) is 0 Å². The first kappa shape index (κ1) is 86.4. The van der Waals surface area contributed by atoms with Gasteiger partial charge in [-0.1, -0.05) is 334 Å². The van der Waals surface area contributed by atoms with E-state index in [4.69, 9.17) is 9.47 Å². The average molecular weight is 1630 g/mol. The third-order valence-corrected chi connectivity index (χ3v) is 24.0. The summed E-state index contributed by atoms with van der Waals surface area (Å²) in [5, 5.41) is 22.2. The Bertz CT molecular complexity index is 4810. The van der Waals surface area contributed by atoms with Crippen LogP contribution in [-0.2, 0) is 76.8 Å². The Morgan fingerprint density at radius 1 is 0.305 bits per heavy atom. The number of carbonyl (C=O) groups is 9. The average Bonchev–Trinajstić information content (AvgIpc) is 0.760. The molecular formula is C96H96N8O11S3. The van der Waals surface area contributed by atoms with Crippen molar-refractivity contribution in [2.45, 2.75) is 90.8 Å². The largest absolute Gasteiger partial charge is 0.459 e. The maximum atomic E-state index is 15.6. The van der Waals surface area contributed by atoms with E-state index in [0.29, 0.717) is 16.7 Å². The number of hydrogen-bond acceptors (Lipinski definition) is 14. The Balaban J connectivity index is 0.853. The Hall–Kier alpha value is -12.5. The molecule has 0 saturated heterocycles. The summed E-state index contributed by atoms with van der Waals surface area (Å²) >= 11 is 4.18. The summed E-state index contributed by atoms with van der Waals surface area (Å²) in [6, 6.07) is 98.5. The number of alkyl carbamates (subject to hydrolysis) is 1. The molecule has 22 heteroatoms. The molecule has 0 aliphatic carbocycles. The fourth-order valence-electron chi connectivity index (χ4n) is 13.6. The van der Waals surface area contributed by atoms with Crippen molar-refractivity contribution in [1.82, 2.24) is 42.5 Å². The van der Waals surface area contributed by atoms with Crippen LogP contribution in [0.2, 0.25) is 0 Å². The maximum absolute atomic E-state index is 15.6. The van der Waals surface area contributed by atoms with Gasteiger partial charge < -0.3 is 52.0 Å². The van der Waals surface area contributed by atoms with Crippen molar-refractivity contribution in [3.05, 3.63) is 395 Å². The van der Waals surface area contributed by atoms with Crippen LogP contribution in [0, 0.1) is 0 Å². The number of carbonyl (C=O) groups excluding carboxylic acids is 9. The van der Waals surface area contributed by atoms with Crippen molar-refractivity contribution >= 4 is 88.7 Å². The van der Waals surface area contributed by atoms with Crippen molar-refractivity contribution < 1.29 is 52.6 Å². The van der Waals surface area contributed by atoms with Gasteiger partial charge in [0, 0.05) is 30.1 Å². The van der Waals surface area contributed by atoms with Gasteiger partial charge >= 0.3 is 12.1 Å². The molecule has 0 fully saturated rings. The molecule has 604 valence electrons. The van der Waals surface area contributed by atoms with Crippen LogP contribution in [0.3, 0.4) is 0 Å². The highest BCUT2D eigenvalue weighted by Crippen LogP contribution is 2.50. The maximum Gasteiger partial charge on any atom is 0.408 e. The molecule has 8 amide bonds. The number of ether oxygens (including phenoxy) is 2. The third kappa shape index (κ3) is 24.8. The van der Waals surface area contributed by atoms with Crippen LogP contribution in [0.1, 0.15) is 87.2 Å². The van der Waals surface area contributed by atoms with Crippen LogP contribution >= 0.6 is 35.3 Å². The van der Waals surface area contributed by atoms with Gasteiger partial charge in [0.2, 0.25) is 41.4 Å². The molecule has 0 spiro atoms. The van der Waals surface area contributed by atoms with Gasteiger partial charge in [-0.25, -0.2) is 4.79 Å². The molecule has 0 unspecified atom stereocenters. The zero-order chi connectivity index (χ0) is 83.0. The fraction of sp³-hybridized carbons (Fsp3) is 0.219. The summed E-state index contributed by atoms with van der Waals surface area (Å²) in [6.07, 6.45) is -0.971. The molecule has 0 aromatic heterocycles. The van der Waals surface area contributed by atoms with E-state index in [2.05, 4.69) is 42.5 Å². The Kier molecular flexibility index (Phi) is 31.8. The molecule has 5 atom stereocenters. The summed E-state index contributed by atoms with van der Waals surface area (Å²) in [7, 11) is 0. The Morgan fingerprint density at radius 2 is 0.585 bits per heavy atom. The van der Waals surface area contributed by atoms with Gasteiger partial charge in [0.25, 0.3) is 0 Å². The monoisotopic (exact) mass is 1630 g/mol. The standard InChI is InChI=1S/C96H96N8O11S3/c1-94(2,3)115-86(107)63-99-89(109)80(60-69-39-17-5-18-40-69)102-91(111)82(66-117-95(73-47-25-9-26-48-73,74-49-27-10-28-50-74)75-51-29-11-30-52-75)101-85(106)62-97-88(108)79(59-68-37-15-4-16-38-68)100-84(105)61-98-90(110)81(65-116-87(71-43-21-7-22-44-71)72-45-23-8-24-46-72)103-92(112)83(104-93(113)114-64-70-41-19-6-20-42-70)67-118-96(76-53-31-12-32-54-76,77-55-33-13-34-56-77)78-57-35-14-36-58-78/h4-58,79-83,87H,59-67H2,1-3H3,(H,97,108)(H,98,110)(H,99,109)(H,100,105)(H,101,106)(H,102,111)(H,103,112)(H,104,113)/t79-,80-,81-,82-,83-/m0/s1. The number of benzene rings is 11. The molecule has 0 heterocycles. The van der Waals surface area contributed by atoms with Gasteiger partial charge in [0.15, 0.2) is 0 Å². The van der Waals surface area contributed by atoms with Crippen LogP contribution in [0.4, 0.5) is 4.79 Å². The first-order chi connectivity index (χ1) is 57.3. The number of hydrogen-bond donors (Lipinski definition) is 8. The molecule has 0 saturated carbocycles. The molecule has 11 aromatic rings. The topological polar surface area (TPSA) is 268 Å². The minimum absolute atomic E-state index is 0.00777. The molecule has 11 aromatic carbocycles. The molecule has 11 rings (SSSR count). The number of amides is 8. The first-order valence-electron chi connectivity index (χ1n) is 39.0. The second kappa shape index (κ2) is 43.5. The molecule has 0 radical (unpaired) electrons. The first-order valence-corrected chi connectivity index (χ1v) is 42.0. The van der Waals surface area contributed by atoms with Gasteiger partial charge in [-0.15, -0.1) is 35.3 Å². The highest BCUT2D eigenvalue weighted by Gasteiger charge is 2.42. The van der Waals surface area contributed by atoms with E-state index < -0.39 is 118 Å². The van der Waals surface area contributed by atoms with Crippen molar-refractivity contribution in [3.8, 4) is 0 Å². The number of rotatable bonds is 39. The van der Waals surface area contributed by atoms with Gasteiger partial charge in [0.1, 0.15) is 49.0 Å². The minimum Gasteiger partial charge on any atom is -0.459 e. The second-order valence-corrected chi connectivity index (χ2v) is 32.6. The van der Waals surface area contributed by atoms with E-state index in [1.807, 2.05) is 279 Å². The summed E-state index contributed by atoms with van der Waals surface area (Å²) in [5.41, 5.74) is 8.31. The lowest BCUT2D eigenvalue weighted by atomic mass is 9.84. The molecule has 0 aliphatic heterocycles. The lowest BCUT2D eigenvalue weighted by molar-refractivity contribution is -0.154. The third-order valence-electron chi connectivity index (χ3n) is 19.3. The van der Waals surface area contributed by atoms with Crippen molar-refractivity contribution in [2.24, 2.45) is 0 Å². The van der Waals surface area contributed by atoms with Crippen LogP contribution in [-0.4, -0.2) is 126 Å². The summed E-state index contributed by atoms with van der Waals surface area (Å²) < 4.78 is 9.32. The molecule has 0 bridgehead atoms. The Labute approximate surface area is 701 Å². The van der Waals surface area contributed by atoms with E-state index in [0.717, 1.165) is 44.5 Å². The Morgan fingerprint density at radius 3 is 0.941 bits per heavy atom. The lowest BCUT2D eigenvalue weighted by Gasteiger charge is -2.36. The normalized spacial score (nSPS) is 12.6. The zero-order valence-electron chi connectivity index (χ0n) is 65.8. The van der Waals surface area contributed by atoms with Crippen LogP contribution in [0.25, 0.3) is 0 Å². The summed E-state index contributed by atoms with van der Waals surface area (Å²) in [6.45, 7) is 3.12. The highest BCUT2D eigenvalue weighted by molar-refractivity contribution is 8.01. The number of esters is 1. The smallest absolute Gasteiger partial charge is 0.408 e. The van der Waals surface area contributed by atoms with Gasteiger partial charge in [0.05, 0.1) is 27.8 Å². The minimum atomic E-state index is -1.40. The predicted octanol–water partition coefficient (Wildman–Crippen LogP) is 13.4. The van der Waals surface area contributed by atoms with Crippen molar-refractivity contribution in [3.63, 3.8) is 0 Å². The molecule has 118 heavy (non-hydrogen) atoms. The highest BCUT2D eigenvalue weighted by atomic mass is 32.2. The summed E-state index contributed by atoms with van der Waals surface area (Å²) in [4.78, 5) is 132. The van der Waals surface area contributed by atoms with Gasteiger partial charge in [-0.2, -0.15) is 0 Å². The predicted molar refractivity (Wildman–Crippen MR) is 467 cm³/mol. The zero-order valence-corrected chi connectivity index (χ0v) is 68.2. The van der Waals surface area contributed by atoms with Gasteiger partial charge in [-0.3, -0.25) is 38.4 Å². The van der Waals surface area contributed by atoms with Crippen molar-refractivity contribution in [2.75, 3.05) is 36.9 Å². The number of thioether (sulfide) groups is 3. The van der Waals surface area contributed by atoms with E-state index in [9.17, 15) is 28.8 Å². The second-order valence-electron chi connectivity index (χ2n) is 29.0. The van der Waals surface area contributed by atoms with E-state index in [-0.39, 0.29) is 42.0 Å².